The molecular weight excluding hydrogens is 296 g/mol. The summed E-state index contributed by atoms with van der Waals surface area (Å²) in [5.74, 6) is -1.60. The van der Waals surface area contributed by atoms with Gasteiger partial charge in [0, 0.05) is 12.6 Å². The van der Waals surface area contributed by atoms with Crippen molar-refractivity contribution in [1.82, 2.24) is 10.3 Å². The fourth-order valence-corrected chi connectivity index (χ4v) is 1.97. The van der Waals surface area contributed by atoms with E-state index in [1.165, 1.54) is 24.4 Å². The normalized spacial score (nSPS) is 11.9. The number of nitrogens with one attached hydrogen (secondary N) is 2. The first-order valence-corrected chi connectivity index (χ1v) is 6.49. The molecule has 1 aromatic carbocycles. The summed E-state index contributed by atoms with van der Waals surface area (Å²) in [6.45, 7) is 0. The number of hydrogen-bond donors (Lipinski definition) is 4. The number of aliphatic carboxylic acids is 1. The molecule has 1 heterocycles. The van der Waals surface area contributed by atoms with Crippen molar-refractivity contribution in [2.24, 2.45) is 0 Å². The Bertz CT molecular complexity index is 651. The predicted molar refractivity (Wildman–Crippen MR) is 76.5 cm³/mol. The lowest BCUT2D eigenvalue weighted by molar-refractivity contribution is -0.139. The molecule has 0 saturated heterocycles. The SMILES string of the molecule is O=C(N[C@H](Cc1ccc(O)cc1)C(=O)O)c1cc(Cl)c[nH]1. The molecule has 6 nitrogen and oxygen atoms in total. The summed E-state index contributed by atoms with van der Waals surface area (Å²) in [5, 5.41) is 21.2. The third-order valence-electron chi connectivity index (χ3n) is 2.87. The van der Waals surface area contributed by atoms with Gasteiger partial charge in [-0.05, 0) is 23.8 Å². The fourth-order valence-electron chi connectivity index (χ4n) is 1.80. The first-order chi connectivity index (χ1) is 9.95. The molecule has 0 radical (unpaired) electrons. The lowest BCUT2D eigenvalue weighted by Gasteiger charge is -2.14. The molecule has 1 atom stereocenters. The number of aromatic hydroxyl groups is 1. The number of phenolic OH excluding ortho intramolecular Hbond substituents is 1. The van der Waals surface area contributed by atoms with Crippen LogP contribution in [0.1, 0.15) is 16.1 Å². The number of rotatable bonds is 5. The van der Waals surface area contributed by atoms with E-state index < -0.39 is 17.9 Å². The van der Waals surface area contributed by atoms with E-state index in [2.05, 4.69) is 10.3 Å². The van der Waals surface area contributed by atoms with E-state index >= 15 is 0 Å². The summed E-state index contributed by atoms with van der Waals surface area (Å²) < 4.78 is 0. The van der Waals surface area contributed by atoms with Gasteiger partial charge in [0.15, 0.2) is 0 Å². The summed E-state index contributed by atoms with van der Waals surface area (Å²) >= 11 is 5.70. The summed E-state index contributed by atoms with van der Waals surface area (Å²) in [6, 6.07) is 6.45. The van der Waals surface area contributed by atoms with E-state index in [1.54, 1.807) is 12.1 Å². The van der Waals surface area contributed by atoms with Crippen LogP contribution < -0.4 is 5.32 Å². The van der Waals surface area contributed by atoms with Crippen LogP contribution in [0.5, 0.6) is 5.75 Å². The standard InChI is InChI=1S/C14H13ClN2O4/c15-9-6-11(16-7-9)13(19)17-12(14(20)21)5-8-1-3-10(18)4-2-8/h1-4,6-7,12,16,18H,5H2,(H,17,19)(H,20,21)/t12-/m1/s1. The predicted octanol–water partition coefficient (Wildman–Crippen LogP) is 1.80. The topological polar surface area (TPSA) is 102 Å². The Morgan fingerprint density at radius 1 is 1.29 bits per heavy atom. The lowest BCUT2D eigenvalue weighted by atomic mass is 10.1. The van der Waals surface area contributed by atoms with Crippen LogP contribution in [0, 0.1) is 0 Å². The number of halogens is 1. The van der Waals surface area contributed by atoms with Gasteiger partial charge in [0.05, 0.1) is 5.02 Å². The van der Waals surface area contributed by atoms with Gasteiger partial charge in [-0.3, -0.25) is 4.79 Å². The number of phenols is 1. The maximum Gasteiger partial charge on any atom is 0.326 e. The molecule has 0 fully saturated rings. The molecule has 0 aliphatic rings. The van der Waals surface area contributed by atoms with Crippen molar-refractivity contribution >= 4 is 23.5 Å². The van der Waals surface area contributed by atoms with Gasteiger partial charge < -0.3 is 20.5 Å². The molecule has 0 bridgehead atoms. The van der Waals surface area contributed by atoms with Crippen LogP contribution in [-0.4, -0.2) is 33.1 Å². The van der Waals surface area contributed by atoms with E-state index in [4.69, 9.17) is 11.6 Å². The van der Waals surface area contributed by atoms with E-state index in [-0.39, 0.29) is 17.9 Å². The minimum Gasteiger partial charge on any atom is -0.508 e. The number of hydrogen-bond acceptors (Lipinski definition) is 3. The highest BCUT2D eigenvalue weighted by Gasteiger charge is 2.21. The highest BCUT2D eigenvalue weighted by molar-refractivity contribution is 6.31. The van der Waals surface area contributed by atoms with E-state index in [0.29, 0.717) is 10.6 Å². The minimum absolute atomic E-state index is 0.0932. The molecule has 7 heteroatoms. The number of aromatic nitrogens is 1. The van der Waals surface area contributed by atoms with Crippen molar-refractivity contribution in [3.05, 3.63) is 52.8 Å². The largest absolute Gasteiger partial charge is 0.508 e. The first-order valence-electron chi connectivity index (χ1n) is 6.11. The Morgan fingerprint density at radius 2 is 1.95 bits per heavy atom. The number of carboxylic acid groups (broad SMARTS) is 1. The van der Waals surface area contributed by atoms with Crippen LogP contribution in [0.25, 0.3) is 0 Å². The Kier molecular flexibility index (Phi) is 4.49. The number of H-pyrrole nitrogens is 1. The highest BCUT2D eigenvalue weighted by atomic mass is 35.5. The van der Waals surface area contributed by atoms with Gasteiger partial charge in [0.25, 0.3) is 5.91 Å². The number of benzene rings is 1. The van der Waals surface area contributed by atoms with Crippen molar-refractivity contribution in [2.45, 2.75) is 12.5 Å². The molecule has 110 valence electrons. The number of carboxylic acids is 1. The third-order valence-corrected chi connectivity index (χ3v) is 3.09. The second-order valence-electron chi connectivity index (χ2n) is 4.47. The fraction of sp³-hybridized carbons (Fsp3) is 0.143. The second-order valence-corrected chi connectivity index (χ2v) is 4.90. The van der Waals surface area contributed by atoms with Crippen molar-refractivity contribution in [2.75, 3.05) is 0 Å². The summed E-state index contributed by atoms with van der Waals surface area (Å²) in [7, 11) is 0. The summed E-state index contributed by atoms with van der Waals surface area (Å²) in [6.07, 6.45) is 1.54. The molecule has 2 rings (SSSR count). The smallest absolute Gasteiger partial charge is 0.326 e. The van der Waals surface area contributed by atoms with Crippen molar-refractivity contribution in [1.29, 1.82) is 0 Å². The van der Waals surface area contributed by atoms with E-state index in [1.807, 2.05) is 0 Å². The molecule has 0 aliphatic carbocycles. The number of aromatic amines is 1. The molecule has 0 saturated carbocycles. The Labute approximate surface area is 125 Å². The van der Waals surface area contributed by atoms with Crippen molar-refractivity contribution in [3.63, 3.8) is 0 Å². The van der Waals surface area contributed by atoms with Crippen molar-refractivity contribution < 1.29 is 19.8 Å². The molecule has 2 aromatic rings. The number of carbonyl (C=O) groups is 2. The zero-order valence-corrected chi connectivity index (χ0v) is 11.6. The van der Waals surface area contributed by atoms with Crippen LogP contribution >= 0.6 is 11.6 Å². The van der Waals surface area contributed by atoms with E-state index in [9.17, 15) is 19.8 Å². The molecule has 1 aromatic heterocycles. The van der Waals surface area contributed by atoms with Crippen molar-refractivity contribution in [3.8, 4) is 5.75 Å². The molecule has 0 spiro atoms. The molecule has 4 N–H and O–H groups in total. The Hall–Kier alpha value is -2.47. The molecule has 1 amide bonds. The monoisotopic (exact) mass is 308 g/mol. The zero-order valence-electron chi connectivity index (χ0n) is 10.8. The number of carbonyl (C=O) groups excluding carboxylic acids is 1. The van der Waals surface area contributed by atoms with E-state index in [0.717, 1.165) is 0 Å². The van der Waals surface area contributed by atoms with Crippen LogP contribution in [0.15, 0.2) is 36.5 Å². The zero-order chi connectivity index (χ0) is 15.4. The Balaban J connectivity index is 2.07. The minimum atomic E-state index is -1.14. The molecule has 0 aliphatic heterocycles. The average Bonchev–Trinajstić information content (AvgIpc) is 2.87. The van der Waals surface area contributed by atoms with Gasteiger partial charge in [-0.15, -0.1) is 0 Å². The second kappa shape index (κ2) is 6.32. The summed E-state index contributed by atoms with van der Waals surface area (Å²) in [4.78, 5) is 25.8. The van der Waals surface area contributed by atoms with Crippen LogP contribution in [0.4, 0.5) is 0 Å². The van der Waals surface area contributed by atoms with Crippen LogP contribution in [0.3, 0.4) is 0 Å². The van der Waals surface area contributed by atoms with Crippen LogP contribution in [-0.2, 0) is 11.2 Å². The van der Waals surface area contributed by atoms with Crippen LogP contribution in [0.2, 0.25) is 5.02 Å². The maximum atomic E-state index is 11.9. The molecule has 21 heavy (non-hydrogen) atoms. The number of amides is 1. The molecular formula is C14H13ClN2O4. The van der Waals surface area contributed by atoms with Gasteiger partial charge in [0.1, 0.15) is 17.5 Å². The van der Waals surface area contributed by atoms with Gasteiger partial charge in [-0.1, -0.05) is 23.7 Å². The van der Waals surface area contributed by atoms with Gasteiger partial charge in [-0.25, -0.2) is 4.79 Å². The van der Waals surface area contributed by atoms with Gasteiger partial charge in [0.2, 0.25) is 0 Å². The average molecular weight is 309 g/mol. The summed E-state index contributed by atoms with van der Waals surface area (Å²) in [5.41, 5.74) is 0.877. The lowest BCUT2D eigenvalue weighted by Crippen LogP contribution is -2.42. The third kappa shape index (κ3) is 4.00. The molecule has 0 unspecified atom stereocenters. The maximum absolute atomic E-state index is 11.9. The quantitative estimate of drug-likeness (QED) is 0.676. The van der Waals surface area contributed by atoms with Gasteiger partial charge >= 0.3 is 5.97 Å². The van der Waals surface area contributed by atoms with Gasteiger partial charge in [-0.2, -0.15) is 0 Å². The Morgan fingerprint density at radius 3 is 2.48 bits per heavy atom. The highest BCUT2D eigenvalue weighted by Crippen LogP contribution is 2.13. The first kappa shape index (κ1) is 14.9.